The number of nitrogens with one attached hydrogen (secondary N) is 2. The van der Waals surface area contributed by atoms with Crippen LogP contribution in [0.1, 0.15) is 44.2 Å². The minimum absolute atomic E-state index is 0.433. The summed E-state index contributed by atoms with van der Waals surface area (Å²) in [6.07, 6.45) is -2.20. The Morgan fingerprint density at radius 3 is 2.60 bits per heavy atom. The number of ether oxygens (including phenoxy) is 2. The van der Waals surface area contributed by atoms with E-state index < -0.39 is 17.2 Å². The summed E-state index contributed by atoms with van der Waals surface area (Å²) >= 11 is 0. The summed E-state index contributed by atoms with van der Waals surface area (Å²) in [6, 6.07) is 5.66. The molecule has 30 heavy (non-hydrogen) atoms. The van der Waals surface area contributed by atoms with Gasteiger partial charge in [-0.2, -0.15) is 13.2 Å². The summed E-state index contributed by atoms with van der Waals surface area (Å²) in [4.78, 5) is 4.24. The van der Waals surface area contributed by atoms with Gasteiger partial charge in [-0.05, 0) is 36.8 Å². The molecule has 1 heterocycles. The number of benzene rings is 1. The third-order valence-electron chi connectivity index (χ3n) is 5.28. The van der Waals surface area contributed by atoms with Crippen molar-refractivity contribution < 1.29 is 22.6 Å². The summed E-state index contributed by atoms with van der Waals surface area (Å²) in [5.41, 5.74) is -0.363. The van der Waals surface area contributed by atoms with Crippen molar-refractivity contribution >= 4 is 5.96 Å². The van der Waals surface area contributed by atoms with E-state index in [1.165, 1.54) is 12.1 Å². The van der Waals surface area contributed by atoms with Crippen LogP contribution in [0.4, 0.5) is 13.2 Å². The Labute approximate surface area is 177 Å². The molecule has 0 aromatic heterocycles. The molecule has 170 valence electrons. The van der Waals surface area contributed by atoms with Crippen LogP contribution in [0.3, 0.4) is 0 Å². The van der Waals surface area contributed by atoms with Gasteiger partial charge in [0.15, 0.2) is 5.96 Å². The van der Waals surface area contributed by atoms with E-state index in [0.29, 0.717) is 63.2 Å². The molecule has 1 fully saturated rings. The van der Waals surface area contributed by atoms with E-state index in [1.54, 1.807) is 13.1 Å². The molecule has 1 saturated heterocycles. The molecule has 0 saturated carbocycles. The first-order valence-corrected chi connectivity index (χ1v) is 10.5. The van der Waals surface area contributed by atoms with Crippen LogP contribution < -0.4 is 10.6 Å². The zero-order valence-electron chi connectivity index (χ0n) is 18.1. The molecule has 1 aromatic carbocycles. The summed E-state index contributed by atoms with van der Waals surface area (Å²) in [7, 11) is 1.69. The van der Waals surface area contributed by atoms with Gasteiger partial charge in [-0.15, -0.1) is 0 Å². The number of aliphatic imine (C=N–C) groups is 1. The van der Waals surface area contributed by atoms with Crippen LogP contribution in [-0.2, 0) is 21.1 Å². The smallest absolute Gasteiger partial charge is 0.381 e. The standard InChI is InChI=1S/C22H34F3N3O2/c1-17(2)15-30-11-5-10-27-20(26-3)28-16-21(8-12-29-13-9-21)18-6-4-7-19(14-18)22(23,24)25/h4,6-7,14,17H,5,8-13,15-16H2,1-3H3,(H2,26,27,28). The second-order valence-corrected chi connectivity index (χ2v) is 8.15. The minimum atomic E-state index is -4.36. The fraction of sp³-hybridized carbons (Fsp3) is 0.682. The van der Waals surface area contributed by atoms with E-state index in [9.17, 15) is 13.2 Å². The summed E-state index contributed by atoms with van der Waals surface area (Å²) in [6.45, 7) is 7.89. The molecule has 0 radical (unpaired) electrons. The van der Waals surface area contributed by atoms with Crippen LogP contribution in [0.15, 0.2) is 29.3 Å². The van der Waals surface area contributed by atoms with Crippen molar-refractivity contribution in [3.63, 3.8) is 0 Å². The maximum atomic E-state index is 13.2. The predicted molar refractivity (Wildman–Crippen MR) is 113 cm³/mol. The van der Waals surface area contributed by atoms with Crippen LogP contribution in [0.2, 0.25) is 0 Å². The lowest BCUT2D eigenvalue weighted by molar-refractivity contribution is -0.137. The molecule has 0 aliphatic carbocycles. The van der Waals surface area contributed by atoms with E-state index in [0.717, 1.165) is 19.1 Å². The van der Waals surface area contributed by atoms with Crippen LogP contribution in [0.5, 0.6) is 0 Å². The highest BCUT2D eigenvalue weighted by Crippen LogP contribution is 2.37. The fourth-order valence-corrected chi connectivity index (χ4v) is 3.53. The second-order valence-electron chi connectivity index (χ2n) is 8.15. The van der Waals surface area contributed by atoms with Gasteiger partial charge in [-0.25, -0.2) is 0 Å². The Balaban J connectivity index is 1.97. The predicted octanol–water partition coefficient (Wildman–Crippen LogP) is 3.98. The molecule has 2 N–H and O–H groups in total. The van der Waals surface area contributed by atoms with Gasteiger partial charge in [0.05, 0.1) is 5.56 Å². The van der Waals surface area contributed by atoms with Crippen molar-refractivity contribution in [1.82, 2.24) is 10.6 Å². The Kier molecular flexibility index (Phi) is 9.42. The van der Waals surface area contributed by atoms with Crippen LogP contribution in [-0.4, -0.2) is 52.5 Å². The van der Waals surface area contributed by atoms with E-state index in [4.69, 9.17) is 9.47 Å². The maximum Gasteiger partial charge on any atom is 0.416 e. The van der Waals surface area contributed by atoms with Gasteiger partial charge in [0.25, 0.3) is 0 Å². The molecule has 0 atom stereocenters. The molecule has 8 heteroatoms. The first kappa shape index (κ1) is 24.5. The zero-order valence-corrected chi connectivity index (χ0v) is 18.1. The summed E-state index contributed by atoms with van der Waals surface area (Å²) in [5, 5.41) is 6.56. The van der Waals surface area contributed by atoms with E-state index >= 15 is 0 Å². The normalized spacial score (nSPS) is 17.2. The number of guanidine groups is 1. The summed E-state index contributed by atoms with van der Waals surface area (Å²) < 4.78 is 50.7. The molecular formula is C22H34F3N3O2. The first-order chi connectivity index (χ1) is 14.3. The van der Waals surface area contributed by atoms with E-state index in [1.807, 2.05) is 0 Å². The highest BCUT2D eigenvalue weighted by atomic mass is 19.4. The van der Waals surface area contributed by atoms with Gasteiger partial charge in [-0.3, -0.25) is 4.99 Å². The molecule has 0 spiro atoms. The molecule has 0 bridgehead atoms. The third-order valence-corrected chi connectivity index (χ3v) is 5.28. The molecule has 1 aliphatic rings. The first-order valence-electron chi connectivity index (χ1n) is 10.5. The van der Waals surface area contributed by atoms with Crippen LogP contribution in [0.25, 0.3) is 0 Å². The average molecular weight is 430 g/mol. The zero-order chi connectivity index (χ0) is 22.0. The van der Waals surface area contributed by atoms with Gasteiger partial charge < -0.3 is 20.1 Å². The lowest BCUT2D eigenvalue weighted by atomic mass is 9.73. The Morgan fingerprint density at radius 2 is 1.97 bits per heavy atom. The van der Waals surface area contributed by atoms with Crippen molar-refractivity contribution in [3.8, 4) is 0 Å². The van der Waals surface area contributed by atoms with Gasteiger partial charge in [-0.1, -0.05) is 32.0 Å². The van der Waals surface area contributed by atoms with Crippen LogP contribution >= 0.6 is 0 Å². The third kappa shape index (κ3) is 7.47. The van der Waals surface area contributed by atoms with Crippen molar-refractivity contribution in [3.05, 3.63) is 35.4 Å². The lowest BCUT2D eigenvalue weighted by Crippen LogP contribution is -2.48. The topological polar surface area (TPSA) is 54.9 Å². The lowest BCUT2D eigenvalue weighted by Gasteiger charge is -2.38. The Bertz CT molecular complexity index is 672. The molecule has 1 aromatic rings. The van der Waals surface area contributed by atoms with Crippen molar-refractivity contribution in [2.24, 2.45) is 10.9 Å². The largest absolute Gasteiger partial charge is 0.416 e. The number of halogens is 3. The Morgan fingerprint density at radius 1 is 1.23 bits per heavy atom. The number of hydrogen-bond donors (Lipinski definition) is 2. The monoisotopic (exact) mass is 429 g/mol. The Hall–Kier alpha value is -1.80. The second kappa shape index (κ2) is 11.6. The van der Waals surface area contributed by atoms with Gasteiger partial charge in [0.2, 0.25) is 0 Å². The highest BCUT2D eigenvalue weighted by Gasteiger charge is 2.37. The minimum Gasteiger partial charge on any atom is -0.381 e. The van der Waals surface area contributed by atoms with Crippen LogP contribution in [0, 0.1) is 5.92 Å². The van der Waals surface area contributed by atoms with Crippen molar-refractivity contribution in [2.75, 3.05) is 46.6 Å². The van der Waals surface area contributed by atoms with E-state index in [-0.39, 0.29) is 0 Å². The van der Waals surface area contributed by atoms with Gasteiger partial charge >= 0.3 is 6.18 Å². The van der Waals surface area contributed by atoms with Crippen molar-refractivity contribution in [2.45, 2.75) is 44.7 Å². The van der Waals surface area contributed by atoms with Gasteiger partial charge in [0.1, 0.15) is 0 Å². The molecule has 1 aliphatic heterocycles. The summed E-state index contributed by atoms with van der Waals surface area (Å²) in [5.74, 6) is 1.15. The van der Waals surface area contributed by atoms with Gasteiger partial charge in [0, 0.05) is 52.0 Å². The van der Waals surface area contributed by atoms with E-state index in [2.05, 4.69) is 29.5 Å². The number of hydrogen-bond acceptors (Lipinski definition) is 3. The quantitative estimate of drug-likeness (QED) is 0.354. The maximum absolute atomic E-state index is 13.2. The molecule has 0 unspecified atom stereocenters. The molecule has 2 rings (SSSR count). The SMILES string of the molecule is CN=C(NCCCOCC(C)C)NCC1(c2cccc(C(F)(F)F)c2)CCOCC1. The van der Waals surface area contributed by atoms with Crippen molar-refractivity contribution in [1.29, 1.82) is 0 Å². The fourth-order valence-electron chi connectivity index (χ4n) is 3.53. The molecule has 5 nitrogen and oxygen atoms in total. The molecule has 0 amide bonds. The highest BCUT2D eigenvalue weighted by molar-refractivity contribution is 5.79. The molecular weight excluding hydrogens is 395 g/mol. The number of rotatable bonds is 9. The average Bonchev–Trinajstić information content (AvgIpc) is 2.72. The number of alkyl halides is 3. The number of nitrogens with zero attached hydrogens (tertiary/aromatic N) is 1.